The number of hydrogen-bond acceptors (Lipinski definition) is 4. The van der Waals surface area contributed by atoms with Crippen LogP contribution in [-0.4, -0.2) is 29.5 Å². The molecule has 4 aromatic rings. The fraction of sp³-hybridized carbons (Fsp3) is 0.111. The largest absolute Gasteiger partial charge is 0.288 e. The van der Waals surface area contributed by atoms with Crippen LogP contribution in [0.2, 0.25) is 0 Å². The van der Waals surface area contributed by atoms with Gasteiger partial charge in [0.25, 0.3) is 0 Å². The van der Waals surface area contributed by atoms with E-state index in [1.807, 2.05) is 46.5 Å². The number of benzene rings is 2. The second-order valence-corrected chi connectivity index (χ2v) is 5.65. The maximum Gasteiger partial charge on any atom is 0.163 e. The highest BCUT2D eigenvalue weighted by Gasteiger charge is 2.12. The van der Waals surface area contributed by atoms with Crippen molar-refractivity contribution in [2.24, 2.45) is 0 Å². The minimum atomic E-state index is 0.737. The fourth-order valence-electron chi connectivity index (χ4n) is 2.68. The number of aryl methyl sites for hydroxylation is 2. The molecule has 0 amide bonds. The van der Waals surface area contributed by atoms with Gasteiger partial charge < -0.3 is 0 Å². The van der Waals surface area contributed by atoms with Crippen LogP contribution in [-0.2, 0) is 0 Å². The van der Waals surface area contributed by atoms with Crippen molar-refractivity contribution in [1.82, 2.24) is 29.5 Å². The Morgan fingerprint density at radius 1 is 0.833 bits per heavy atom. The summed E-state index contributed by atoms with van der Waals surface area (Å²) in [7, 11) is 0. The van der Waals surface area contributed by atoms with Crippen LogP contribution in [0.3, 0.4) is 0 Å². The summed E-state index contributed by atoms with van der Waals surface area (Å²) in [5, 5.41) is 12.3. The molecule has 4 rings (SSSR count). The number of nitrogens with zero attached hydrogens (tertiary/aromatic N) is 6. The van der Waals surface area contributed by atoms with Crippen molar-refractivity contribution in [2.45, 2.75) is 13.8 Å². The third kappa shape index (κ3) is 2.58. The van der Waals surface area contributed by atoms with Gasteiger partial charge in [0.15, 0.2) is 5.82 Å². The van der Waals surface area contributed by atoms with Crippen molar-refractivity contribution in [3.63, 3.8) is 0 Å². The highest BCUT2D eigenvalue weighted by Crippen LogP contribution is 2.23. The lowest BCUT2D eigenvalue weighted by Gasteiger charge is -2.08. The van der Waals surface area contributed by atoms with E-state index in [1.165, 1.54) is 5.56 Å². The Morgan fingerprint density at radius 2 is 1.58 bits per heavy atom. The van der Waals surface area contributed by atoms with Crippen molar-refractivity contribution < 1.29 is 0 Å². The van der Waals surface area contributed by atoms with Crippen LogP contribution in [0.25, 0.3) is 22.8 Å². The summed E-state index contributed by atoms with van der Waals surface area (Å²) in [6, 6.07) is 16.3. The van der Waals surface area contributed by atoms with Crippen LogP contribution in [0.4, 0.5) is 0 Å². The molecule has 0 aliphatic heterocycles. The van der Waals surface area contributed by atoms with Crippen molar-refractivity contribution in [2.75, 3.05) is 0 Å². The molecule has 2 aromatic carbocycles. The first-order valence-corrected chi connectivity index (χ1v) is 7.67. The molecule has 0 aliphatic rings. The Hall–Kier alpha value is -3.28. The zero-order chi connectivity index (χ0) is 16.5. The molecule has 0 saturated carbocycles. The molecule has 0 aliphatic carbocycles. The summed E-state index contributed by atoms with van der Waals surface area (Å²) in [5.74, 6) is 1.55. The van der Waals surface area contributed by atoms with Crippen LogP contribution in [0.1, 0.15) is 11.4 Å². The molecule has 6 nitrogen and oxygen atoms in total. The summed E-state index contributed by atoms with van der Waals surface area (Å²) < 4.78 is 3.75. The third-order valence-electron chi connectivity index (χ3n) is 3.78. The van der Waals surface area contributed by atoms with Gasteiger partial charge in [-0.15, -0.1) is 10.2 Å². The average molecular weight is 316 g/mol. The monoisotopic (exact) mass is 316 g/mol. The summed E-state index contributed by atoms with van der Waals surface area (Å²) in [5.41, 5.74) is 4.15. The molecule has 118 valence electrons. The summed E-state index contributed by atoms with van der Waals surface area (Å²) >= 11 is 0. The lowest BCUT2D eigenvalue weighted by Crippen LogP contribution is -2.00. The minimum Gasteiger partial charge on any atom is -0.288 e. The van der Waals surface area contributed by atoms with Crippen LogP contribution in [0.5, 0.6) is 0 Å². The van der Waals surface area contributed by atoms with Gasteiger partial charge in [-0.25, -0.2) is 9.67 Å². The fourth-order valence-corrected chi connectivity index (χ4v) is 2.68. The van der Waals surface area contributed by atoms with E-state index in [2.05, 4.69) is 45.4 Å². The molecule has 0 N–H and O–H groups in total. The predicted octanol–water partition coefficient (Wildman–Crippen LogP) is 3.13. The van der Waals surface area contributed by atoms with Crippen LogP contribution < -0.4 is 0 Å². The molecule has 24 heavy (non-hydrogen) atoms. The molecule has 0 atom stereocenters. The van der Waals surface area contributed by atoms with E-state index in [9.17, 15) is 0 Å². The third-order valence-corrected chi connectivity index (χ3v) is 3.78. The number of rotatable bonds is 3. The van der Waals surface area contributed by atoms with Gasteiger partial charge in [0.2, 0.25) is 0 Å². The smallest absolute Gasteiger partial charge is 0.163 e. The van der Waals surface area contributed by atoms with Crippen LogP contribution >= 0.6 is 0 Å². The molecule has 0 fully saturated rings. The van der Waals surface area contributed by atoms with E-state index in [1.54, 1.807) is 12.7 Å². The van der Waals surface area contributed by atoms with Crippen LogP contribution in [0, 0.1) is 13.8 Å². The Morgan fingerprint density at radius 3 is 2.38 bits per heavy atom. The van der Waals surface area contributed by atoms with Gasteiger partial charge in [0.05, 0.1) is 5.69 Å². The van der Waals surface area contributed by atoms with Gasteiger partial charge in [0.1, 0.15) is 18.5 Å². The molecule has 0 radical (unpaired) electrons. The summed E-state index contributed by atoms with van der Waals surface area (Å²) in [6.45, 7) is 3.97. The van der Waals surface area contributed by atoms with E-state index in [-0.39, 0.29) is 0 Å². The lowest BCUT2D eigenvalue weighted by atomic mass is 10.1. The van der Waals surface area contributed by atoms with Gasteiger partial charge in [-0.3, -0.25) is 4.57 Å². The average Bonchev–Trinajstić information content (AvgIpc) is 3.24. The zero-order valence-corrected chi connectivity index (χ0v) is 13.5. The molecule has 6 heteroatoms. The van der Waals surface area contributed by atoms with Crippen LogP contribution in [0.15, 0.2) is 61.2 Å². The Balaban J connectivity index is 1.85. The van der Waals surface area contributed by atoms with E-state index < -0.39 is 0 Å². The molecule has 0 unspecified atom stereocenters. The Kier molecular flexibility index (Phi) is 3.42. The first-order valence-electron chi connectivity index (χ1n) is 7.67. The molecule has 0 bridgehead atoms. The quantitative estimate of drug-likeness (QED) is 0.582. The highest BCUT2D eigenvalue weighted by atomic mass is 15.3. The van der Waals surface area contributed by atoms with E-state index >= 15 is 0 Å². The topological polar surface area (TPSA) is 61.4 Å². The van der Waals surface area contributed by atoms with E-state index in [0.717, 1.165) is 28.6 Å². The van der Waals surface area contributed by atoms with Crippen molar-refractivity contribution in [3.05, 3.63) is 72.6 Å². The Labute approximate surface area is 139 Å². The SMILES string of the molecule is Cc1cccc(-n2nc(C)nc2-c2cccc(-n3cnnc3)c2)c1. The second kappa shape index (κ2) is 5.73. The number of aromatic nitrogens is 6. The van der Waals surface area contributed by atoms with Gasteiger partial charge in [-0.2, -0.15) is 5.10 Å². The molecular weight excluding hydrogens is 300 g/mol. The van der Waals surface area contributed by atoms with Crippen molar-refractivity contribution in [1.29, 1.82) is 0 Å². The summed E-state index contributed by atoms with van der Waals surface area (Å²) in [4.78, 5) is 4.62. The maximum absolute atomic E-state index is 4.62. The number of hydrogen-bond donors (Lipinski definition) is 0. The first-order chi connectivity index (χ1) is 11.7. The van der Waals surface area contributed by atoms with E-state index in [0.29, 0.717) is 0 Å². The second-order valence-electron chi connectivity index (χ2n) is 5.65. The van der Waals surface area contributed by atoms with E-state index in [4.69, 9.17) is 0 Å². The first kappa shape index (κ1) is 14.3. The minimum absolute atomic E-state index is 0.737. The lowest BCUT2D eigenvalue weighted by molar-refractivity contribution is 0.868. The molecular formula is C18H16N6. The summed E-state index contributed by atoms with van der Waals surface area (Å²) in [6.07, 6.45) is 3.35. The predicted molar refractivity (Wildman–Crippen MR) is 91.2 cm³/mol. The van der Waals surface area contributed by atoms with Gasteiger partial charge in [-0.05, 0) is 43.7 Å². The van der Waals surface area contributed by atoms with Gasteiger partial charge in [0, 0.05) is 11.3 Å². The maximum atomic E-state index is 4.62. The zero-order valence-electron chi connectivity index (χ0n) is 13.5. The van der Waals surface area contributed by atoms with Crippen molar-refractivity contribution >= 4 is 0 Å². The normalized spacial score (nSPS) is 10.9. The Bertz CT molecular complexity index is 984. The molecule has 2 heterocycles. The molecule has 2 aromatic heterocycles. The standard InChI is InChI=1S/C18H16N6/c1-13-5-3-8-17(9-13)24-18(21-14(2)22-24)15-6-4-7-16(10-15)23-11-19-20-12-23/h3-12H,1-2H3. The molecule has 0 spiro atoms. The highest BCUT2D eigenvalue weighted by molar-refractivity contribution is 5.61. The molecule has 0 saturated heterocycles. The van der Waals surface area contributed by atoms with Gasteiger partial charge in [-0.1, -0.05) is 24.3 Å². The van der Waals surface area contributed by atoms with Crippen molar-refractivity contribution in [3.8, 4) is 22.8 Å². The van der Waals surface area contributed by atoms with Gasteiger partial charge >= 0.3 is 0 Å².